The van der Waals surface area contributed by atoms with Crippen molar-refractivity contribution in [3.63, 3.8) is 0 Å². The van der Waals surface area contributed by atoms with E-state index < -0.39 is 0 Å². The van der Waals surface area contributed by atoms with E-state index in [1.165, 1.54) is 11.1 Å². The molecule has 1 aromatic heterocycles. The molecule has 3 aromatic rings. The van der Waals surface area contributed by atoms with Gasteiger partial charge in [0.1, 0.15) is 17.3 Å². The van der Waals surface area contributed by atoms with Crippen LogP contribution >= 0.6 is 0 Å². The summed E-state index contributed by atoms with van der Waals surface area (Å²) in [6.45, 7) is 5.81. The summed E-state index contributed by atoms with van der Waals surface area (Å²) in [4.78, 5) is 4.76. The molecule has 8 nitrogen and oxygen atoms in total. The van der Waals surface area contributed by atoms with Crippen LogP contribution in [0.3, 0.4) is 0 Å². The number of aliphatic imine (C=N–C) groups is 1. The molecule has 0 spiro atoms. The normalized spacial score (nSPS) is 11.3. The number of ether oxygens (including phenoxy) is 2. The third-order valence-corrected chi connectivity index (χ3v) is 5.30. The third kappa shape index (κ3) is 6.23. The van der Waals surface area contributed by atoms with E-state index >= 15 is 0 Å². The summed E-state index contributed by atoms with van der Waals surface area (Å²) < 4.78 is 12.7. The van der Waals surface area contributed by atoms with Crippen LogP contribution in [-0.4, -0.2) is 41.5 Å². The number of nitrogens with one attached hydrogen (secondary N) is 2. The Morgan fingerprint density at radius 1 is 1.00 bits per heavy atom. The summed E-state index contributed by atoms with van der Waals surface area (Å²) in [5.74, 6) is 4.17. The maximum Gasteiger partial charge on any atom is 0.191 e. The van der Waals surface area contributed by atoms with Crippen molar-refractivity contribution >= 4 is 5.96 Å². The topological polar surface area (TPSA) is 85.6 Å². The number of aromatic nitrogens is 3. The Labute approximate surface area is 189 Å². The molecule has 32 heavy (non-hydrogen) atoms. The molecule has 0 fully saturated rings. The quantitative estimate of drug-likeness (QED) is 0.396. The molecule has 2 aromatic carbocycles. The summed E-state index contributed by atoms with van der Waals surface area (Å²) in [7, 11) is 5.32. The van der Waals surface area contributed by atoms with Gasteiger partial charge in [-0.1, -0.05) is 29.8 Å². The lowest BCUT2D eigenvalue weighted by Crippen LogP contribution is -2.38. The Bertz CT molecular complexity index is 1040. The van der Waals surface area contributed by atoms with Gasteiger partial charge in [-0.05, 0) is 49.6 Å². The minimum Gasteiger partial charge on any atom is -0.497 e. The van der Waals surface area contributed by atoms with Crippen molar-refractivity contribution in [3.05, 3.63) is 70.8 Å². The standard InChI is InChI=1S/C24H32N6O2/c1-17-6-11-22(32-5)20(14-17)12-13-25-24(27-16-23-29-28-18(2)30(23)3)26-15-19-7-9-21(31-4)10-8-19/h6-11,14H,12-13,15-16H2,1-5H3,(H2,25,26,27). The molecule has 0 atom stereocenters. The Morgan fingerprint density at radius 2 is 1.78 bits per heavy atom. The Hall–Kier alpha value is -3.55. The molecule has 0 saturated carbocycles. The molecule has 2 N–H and O–H groups in total. The summed E-state index contributed by atoms with van der Waals surface area (Å²) in [5.41, 5.74) is 3.48. The molecule has 0 unspecified atom stereocenters. The number of nitrogens with zero attached hydrogens (tertiary/aromatic N) is 4. The van der Waals surface area contributed by atoms with Gasteiger partial charge in [0, 0.05) is 13.6 Å². The molecule has 0 aliphatic rings. The minimum absolute atomic E-state index is 0.527. The molecule has 0 amide bonds. The maximum atomic E-state index is 5.50. The van der Waals surface area contributed by atoms with Crippen molar-refractivity contribution in [1.82, 2.24) is 25.4 Å². The molecule has 0 saturated heterocycles. The smallest absolute Gasteiger partial charge is 0.191 e. The van der Waals surface area contributed by atoms with E-state index in [0.29, 0.717) is 25.6 Å². The molecule has 170 valence electrons. The number of hydrogen-bond donors (Lipinski definition) is 2. The van der Waals surface area contributed by atoms with Crippen molar-refractivity contribution in [1.29, 1.82) is 0 Å². The number of benzene rings is 2. The molecule has 0 bridgehead atoms. The Balaban J connectivity index is 1.67. The van der Waals surface area contributed by atoms with Gasteiger partial charge in [-0.25, -0.2) is 4.99 Å². The zero-order valence-electron chi connectivity index (χ0n) is 19.5. The fourth-order valence-corrected chi connectivity index (χ4v) is 3.26. The van der Waals surface area contributed by atoms with Crippen LogP contribution in [0.2, 0.25) is 0 Å². The number of aryl methyl sites for hydroxylation is 2. The van der Waals surface area contributed by atoms with Gasteiger partial charge in [-0.2, -0.15) is 0 Å². The molecule has 8 heteroatoms. The highest BCUT2D eigenvalue weighted by Crippen LogP contribution is 2.19. The number of methoxy groups -OCH3 is 2. The molecule has 0 aliphatic carbocycles. The van der Waals surface area contributed by atoms with E-state index in [-0.39, 0.29) is 0 Å². The summed E-state index contributed by atoms with van der Waals surface area (Å²) in [6.07, 6.45) is 0.817. The van der Waals surface area contributed by atoms with E-state index in [1.54, 1.807) is 14.2 Å². The van der Waals surface area contributed by atoms with Crippen molar-refractivity contribution in [3.8, 4) is 11.5 Å². The van der Waals surface area contributed by atoms with Crippen molar-refractivity contribution in [2.45, 2.75) is 33.4 Å². The van der Waals surface area contributed by atoms with Crippen LogP contribution in [0.15, 0.2) is 47.5 Å². The second kappa shape index (κ2) is 11.2. The first-order valence-corrected chi connectivity index (χ1v) is 10.6. The van der Waals surface area contributed by atoms with Crippen LogP contribution in [0.4, 0.5) is 0 Å². The predicted octanol–water partition coefficient (Wildman–Crippen LogP) is 2.93. The van der Waals surface area contributed by atoms with Crippen LogP contribution in [0.1, 0.15) is 28.3 Å². The first-order chi connectivity index (χ1) is 15.5. The zero-order chi connectivity index (χ0) is 22.9. The average Bonchev–Trinajstić information content (AvgIpc) is 3.13. The Morgan fingerprint density at radius 3 is 2.44 bits per heavy atom. The van der Waals surface area contributed by atoms with Crippen LogP contribution < -0.4 is 20.1 Å². The third-order valence-electron chi connectivity index (χ3n) is 5.30. The number of hydrogen-bond acceptors (Lipinski definition) is 5. The van der Waals surface area contributed by atoms with E-state index in [4.69, 9.17) is 14.5 Å². The first kappa shape index (κ1) is 23.1. The van der Waals surface area contributed by atoms with Crippen molar-refractivity contribution < 1.29 is 9.47 Å². The highest BCUT2D eigenvalue weighted by Gasteiger charge is 2.08. The fraction of sp³-hybridized carbons (Fsp3) is 0.375. The van der Waals surface area contributed by atoms with Gasteiger partial charge in [0.05, 0.1) is 27.3 Å². The van der Waals surface area contributed by atoms with Crippen LogP contribution in [-0.2, 0) is 26.6 Å². The zero-order valence-corrected chi connectivity index (χ0v) is 19.5. The maximum absolute atomic E-state index is 5.50. The lowest BCUT2D eigenvalue weighted by molar-refractivity contribution is 0.409. The number of rotatable bonds is 9. The molecule has 0 aliphatic heterocycles. The molecule has 1 heterocycles. The second-order valence-corrected chi connectivity index (χ2v) is 7.58. The fourth-order valence-electron chi connectivity index (χ4n) is 3.26. The average molecular weight is 437 g/mol. The predicted molar refractivity (Wildman–Crippen MR) is 126 cm³/mol. The van der Waals surface area contributed by atoms with Crippen LogP contribution in [0.5, 0.6) is 11.5 Å². The molecular formula is C24H32N6O2. The van der Waals surface area contributed by atoms with Crippen molar-refractivity contribution in [2.24, 2.45) is 12.0 Å². The number of guanidine groups is 1. The summed E-state index contributed by atoms with van der Waals surface area (Å²) >= 11 is 0. The summed E-state index contributed by atoms with van der Waals surface area (Å²) in [5, 5.41) is 15.1. The van der Waals surface area contributed by atoms with Gasteiger partial charge < -0.3 is 24.7 Å². The van der Waals surface area contributed by atoms with Crippen LogP contribution in [0.25, 0.3) is 0 Å². The lowest BCUT2D eigenvalue weighted by Gasteiger charge is -2.14. The SMILES string of the molecule is COc1ccc(CN=C(NCCc2cc(C)ccc2OC)NCc2nnc(C)n2C)cc1. The van der Waals surface area contributed by atoms with E-state index in [9.17, 15) is 0 Å². The first-order valence-electron chi connectivity index (χ1n) is 10.6. The van der Waals surface area contributed by atoms with Gasteiger partial charge in [0.15, 0.2) is 11.8 Å². The Kier molecular flexibility index (Phi) is 8.08. The van der Waals surface area contributed by atoms with E-state index in [0.717, 1.165) is 35.1 Å². The van der Waals surface area contributed by atoms with E-state index in [2.05, 4.69) is 39.9 Å². The highest BCUT2D eigenvalue weighted by molar-refractivity contribution is 5.79. The molecule has 0 radical (unpaired) electrons. The van der Waals surface area contributed by atoms with Gasteiger partial charge in [0.2, 0.25) is 0 Å². The molecular weight excluding hydrogens is 404 g/mol. The van der Waals surface area contributed by atoms with E-state index in [1.807, 2.05) is 48.9 Å². The van der Waals surface area contributed by atoms with Gasteiger partial charge in [-0.3, -0.25) is 0 Å². The van der Waals surface area contributed by atoms with Gasteiger partial charge in [0.25, 0.3) is 0 Å². The van der Waals surface area contributed by atoms with Crippen LogP contribution in [0, 0.1) is 13.8 Å². The minimum atomic E-state index is 0.527. The second-order valence-electron chi connectivity index (χ2n) is 7.58. The van der Waals surface area contributed by atoms with Crippen molar-refractivity contribution in [2.75, 3.05) is 20.8 Å². The highest BCUT2D eigenvalue weighted by atomic mass is 16.5. The monoisotopic (exact) mass is 436 g/mol. The summed E-state index contributed by atoms with van der Waals surface area (Å²) in [6, 6.07) is 14.1. The largest absolute Gasteiger partial charge is 0.497 e. The van der Waals surface area contributed by atoms with Gasteiger partial charge in [-0.15, -0.1) is 10.2 Å². The molecule has 3 rings (SSSR count). The lowest BCUT2D eigenvalue weighted by atomic mass is 10.1. The van der Waals surface area contributed by atoms with Gasteiger partial charge >= 0.3 is 0 Å².